The molecule has 8 heteroatoms. The Labute approximate surface area is 212 Å². The smallest absolute Gasteiger partial charge is 0.408 e. The number of hydrogen-bond donors (Lipinski definition) is 2. The second-order valence-corrected chi connectivity index (χ2v) is 9.78. The van der Waals surface area contributed by atoms with Crippen LogP contribution in [0.3, 0.4) is 0 Å². The Bertz CT molecular complexity index is 1690. The number of H-pyrrole nitrogens is 1. The fraction of sp³-hybridized carbons (Fsp3) is 0.207. The normalized spacial score (nSPS) is 12.5. The molecule has 5 aromatic rings. The molecule has 0 aliphatic carbocycles. The maximum atomic E-state index is 13.3. The van der Waals surface area contributed by atoms with E-state index in [4.69, 9.17) is 13.9 Å². The Morgan fingerprint density at radius 2 is 1.65 bits per heavy atom. The molecule has 2 heterocycles. The number of amides is 1. The predicted octanol–water partition coefficient (Wildman–Crippen LogP) is 5.47. The summed E-state index contributed by atoms with van der Waals surface area (Å²) in [6, 6.07) is 18.7. The van der Waals surface area contributed by atoms with Crippen molar-refractivity contribution in [3.05, 3.63) is 88.9 Å². The van der Waals surface area contributed by atoms with Crippen LogP contribution in [0.1, 0.15) is 26.3 Å². The molecule has 2 aromatic heterocycles. The SMILES string of the molecule is CC(C)(C)OC(=O)N[C@H](Cc1c[nH]c2ccccc12)C(=O)Oc1ccc2c(c1)oc(=O)c1ccccc12. The Hall–Kier alpha value is -4.59. The molecule has 1 amide bonds. The van der Waals surface area contributed by atoms with E-state index in [1.165, 1.54) is 6.07 Å². The highest BCUT2D eigenvalue weighted by molar-refractivity contribution is 6.04. The molecule has 3 aromatic carbocycles. The summed E-state index contributed by atoms with van der Waals surface area (Å²) in [4.78, 5) is 41.4. The van der Waals surface area contributed by atoms with Gasteiger partial charge in [0.25, 0.3) is 0 Å². The van der Waals surface area contributed by atoms with Crippen molar-refractivity contribution in [2.75, 3.05) is 0 Å². The lowest BCUT2D eigenvalue weighted by atomic mass is 10.0. The zero-order valence-electron chi connectivity index (χ0n) is 20.7. The van der Waals surface area contributed by atoms with Gasteiger partial charge in [-0.25, -0.2) is 14.4 Å². The van der Waals surface area contributed by atoms with E-state index in [1.54, 1.807) is 51.2 Å². The number of ether oxygens (including phenoxy) is 2. The third kappa shape index (κ3) is 5.18. The quantitative estimate of drug-likeness (QED) is 0.144. The number of carbonyl (C=O) groups excluding carboxylic acids is 2. The molecule has 0 aliphatic rings. The van der Waals surface area contributed by atoms with Crippen LogP contribution in [-0.2, 0) is 16.0 Å². The molecule has 8 nitrogen and oxygen atoms in total. The van der Waals surface area contributed by atoms with E-state index in [9.17, 15) is 14.4 Å². The van der Waals surface area contributed by atoms with Gasteiger partial charge in [-0.2, -0.15) is 0 Å². The Kier molecular flexibility index (Phi) is 6.17. The molecule has 5 rings (SSSR count). The molecule has 0 fully saturated rings. The van der Waals surface area contributed by atoms with Crippen molar-refractivity contribution in [2.24, 2.45) is 0 Å². The standard InChI is InChI=1S/C29H26N2O6/c1-29(2,3)37-28(34)31-24(14-17-16-30-23-11-7-6-8-19(17)23)27(33)35-18-12-13-21-20-9-4-5-10-22(20)26(32)36-25(21)15-18/h4-13,15-16,24,30H,14H2,1-3H3,(H,31,34)/t24-/m1/s1. The highest BCUT2D eigenvalue weighted by Crippen LogP contribution is 2.27. The number of para-hydroxylation sites is 1. The number of carbonyl (C=O) groups is 2. The van der Waals surface area contributed by atoms with Crippen LogP contribution in [0.5, 0.6) is 5.75 Å². The van der Waals surface area contributed by atoms with Crippen molar-refractivity contribution in [1.29, 1.82) is 0 Å². The third-order valence-electron chi connectivity index (χ3n) is 5.89. The Morgan fingerprint density at radius 3 is 2.41 bits per heavy atom. The minimum absolute atomic E-state index is 0.176. The van der Waals surface area contributed by atoms with Gasteiger partial charge < -0.3 is 24.2 Å². The Morgan fingerprint density at radius 1 is 0.946 bits per heavy atom. The van der Waals surface area contributed by atoms with E-state index in [0.29, 0.717) is 11.0 Å². The molecule has 2 N–H and O–H groups in total. The average molecular weight is 499 g/mol. The second-order valence-electron chi connectivity index (χ2n) is 9.78. The van der Waals surface area contributed by atoms with Gasteiger partial charge in [0.15, 0.2) is 0 Å². The number of benzene rings is 3. The molecule has 188 valence electrons. The highest BCUT2D eigenvalue weighted by atomic mass is 16.6. The maximum absolute atomic E-state index is 13.3. The molecule has 0 spiro atoms. The van der Waals surface area contributed by atoms with E-state index in [0.717, 1.165) is 27.2 Å². The molecule has 1 atom stereocenters. The lowest BCUT2D eigenvalue weighted by molar-refractivity contribution is -0.136. The number of aromatic amines is 1. The molecule has 37 heavy (non-hydrogen) atoms. The van der Waals surface area contributed by atoms with Crippen LogP contribution in [0, 0.1) is 0 Å². The first-order valence-electron chi connectivity index (χ1n) is 11.9. The summed E-state index contributed by atoms with van der Waals surface area (Å²) in [5.74, 6) is -0.496. The van der Waals surface area contributed by atoms with Gasteiger partial charge in [0, 0.05) is 35.0 Å². The van der Waals surface area contributed by atoms with Crippen molar-refractivity contribution >= 4 is 44.7 Å². The molecule has 0 radical (unpaired) electrons. The van der Waals surface area contributed by atoms with Crippen LogP contribution in [0.25, 0.3) is 32.6 Å². The van der Waals surface area contributed by atoms with E-state index in [1.807, 2.05) is 36.4 Å². The molecular formula is C29H26N2O6. The maximum Gasteiger partial charge on any atom is 0.408 e. The number of alkyl carbamates (subject to hydrolysis) is 1. The first kappa shape index (κ1) is 24.1. The number of fused-ring (bicyclic) bond motifs is 4. The van der Waals surface area contributed by atoms with Gasteiger partial charge in [-0.15, -0.1) is 0 Å². The lowest BCUT2D eigenvalue weighted by Gasteiger charge is -2.23. The van der Waals surface area contributed by atoms with E-state index >= 15 is 0 Å². The minimum atomic E-state index is -1.03. The third-order valence-corrected chi connectivity index (χ3v) is 5.89. The van der Waals surface area contributed by atoms with Gasteiger partial charge >= 0.3 is 17.7 Å². The fourth-order valence-corrected chi connectivity index (χ4v) is 4.27. The van der Waals surface area contributed by atoms with Crippen molar-refractivity contribution in [1.82, 2.24) is 10.3 Å². The summed E-state index contributed by atoms with van der Waals surface area (Å²) in [7, 11) is 0. The van der Waals surface area contributed by atoms with E-state index in [-0.39, 0.29) is 12.2 Å². The van der Waals surface area contributed by atoms with Crippen molar-refractivity contribution in [3.8, 4) is 5.75 Å². The van der Waals surface area contributed by atoms with Crippen molar-refractivity contribution in [2.45, 2.75) is 38.8 Å². The van der Waals surface area contributed by atoms with Gasteiger partial charge in [-0.1, -0.05) is 36.4 Å². The highest BCUT2D eigenvalue weighted by Gasteiger charge is 2.27. The number of nitrogens with one attached hydrogen (secondary N) is 2. The van der Waals surface area contributed by atoms with Gasteiger partial charge in [0.1, 0.15) is 23.0 Å². The lowest BCUT2D eigenvalue weighted by Crippen LogP contribution is -2.46. The monoisotopic (exact) mass is 498 g/mol. The van der Waals surface area contributed by atoms with Crippen molar-refractivity contribution in [3.63, 3.8) is 0 Å². The summed E-state index contributed by atoms with van der Waals surface area (Å²) in [5, 5.41) is 5.52. The zero-order chi connectivity index (χ0) is 26.2. The van der Waals surface area contributed by atoms with Crippen LogP contribution in [0.15, 0.2) is 82.1 Å². The molecule has 0 unspecified atom stereocenters. The summed E-state index contributed by atoms with van der Waals surface area (Å²) >= 11 is 0. The van der Waals surface area contributed by atoms with Crippen LogP contribution in [0.4, 0.5) is 4.79 Å². The van der Waals surface area contributed by atoms with Gasteiger partial charge in [-0.3, -0.25) is 0 Å². The van der Waals surface area contributed by atoms with Gasteiger partial charge in [0.05, 0.1) is 5.39 Å². The van der Waals surface area contributed by atoms with E-state index < -0.39 is 29.3 Å². The summed E-state index contributed by atoms with van der Waals surface area (Å²) < 4.78 is 16.5. The number of esters is 1. The molecule has 0 bridgehead atoms. The largest absolute Gasteiger partial charge is 0.444 e. The number of rotatable bonds is 5. The predicted molar refractivity (Wildman–Crippen MR) is 141 cm³/mol. The molecule has 0 aliphatic heterocycles. The van der Waals surface area contributed by atoms with Crippen LogP contribution in [-0.4, -0.2) is 28.7 Å². The molecule has 0 saturated heterocycles. The summed E-state index contributed by atoms with van der Waals surface area (Å²) in [6.07, 6.45) is 1.25. The van der Waals surface area contributed by atoms with Crippen LogP contribution >= 0.6 is 0 Å². The van der Waals surface area contributed by atoms with E-state index in [2.05, 4.69) is 10.3 Å². The Balaban J connectivity index is 1.44. The fourth-order valence-electron chi connectivity index (χ4n) is 4.27. The molecule has 0 saturated carbocycles. The van der Waals surface area contributed by atoms with Gasteiger partial charge in [-0.05, 0) is 56.0 Å². The minimum Gasteiger partial charge on any atom is -0.444 e. The van der Waals surface area contributed by atoms with Gasteiger partial charge in [0.2, 0.25) is 0 Å². The summed E-state index contributed by atoms with van der Waals surface area (Å²) in [5.41, 5.74) is 0.832. The topological polar surface area (TPSA) is 111 Å². The summed E-state index contributed by atoms with van der Waals surface area (Å²) in [6.45, 7) is 5.23. The number of hydrogen-bond acceptors (Lipinski definition) is 6. The first-order valence-corrected chi connectivity index (χ1v) is 11.9. The second kappa shape index (κ2) is 9.46. The zero-order valence-corrected chi connectivity index (χ0v) is 20.7. The average Bonchev–Trinajstić information content (AvgIpc) is 3.25. The van der Waals surface area contributed by atoms with Crippen molar-refractivity contribution < 1.29 is 23.5 Å². The number of aromatic nitrogens is 1. The first-order chi connectivity index (χ1) is 17.7. The van der Waals surface area contributed by atoms with Crippen LogP contribution < -0.4 is 15.7 Å². The molecular weight excluding hydrogens is 472 g/mol. The van der Waals surface area contributed by atoms with Crippen LogP contribution in [0.2, 0.25) is 0 Å².